The molecule has 0 fully saturated rings. The SMILES string of the molecule is [N-]=[N+]=NCCc1ccc(C(F)(F)F)c(Cl)c1. The van der Waals surface area contributed by atoms with Gasteiger partial charge in [-0.1, -0.05) is 22.8 Å². The normalized spacial score (nSPS) is 11.0. The third-order valence-electron chi connectivity index (χ3n) is 1.90. The first-order chi connectivity index (χ1) is 7.45. The van der Waals surface area contributed by atoms with Crippen molar-refractivity contribution in [2.24, 2.45) is 5.11 Å². The van der Waals surface area contributed by atoms with Gasteiger partial charge in [-0.15, -0.1) is 0 Å². The Balaban J connectivity index is 2.87. The molecule has 0 aliphatic rings. The predicted octanol–water partition coefficient (Wildman–Crippen LogP) is 4.21. The maximum Gasteiger partial charge on any atom is 0.417 e. The van der Waals surface area contributed by atoms with Crippen molar-refractivity contribution in [2.45, 2.75) is 12.6 Å². The molecule has 16 heavy (non-hydrogen) atoms. The molecule has 0 heterocycles. The second-order valence-corrected chi connectivity index (χ2v) is 3.42. The molecule has 1 aromatic rings. The van der Waals surface area contributed by atoms with Gasteiger partial charge in [0, 0.05) is 11.5 Å². The first-order valence-electron chi connectivity index (χ1n) is 4.31. The van der Waals surface area contributed by atoms with Gasteiger partial charge in [0.1, 0.15) is 0 Å². The van der Waals surface area contributed by atoms with Crippen LogP contribution < -0.4 is 0 Å². The monoisotopic (exact) mass is 249 g/mol. The highest BCUT2D eigenvalue weighted by Gasteiger charge is 2.32. The van der Waals surface area contributed by atoms with Crippen molar-refractivity contribution in [3.05, 3.63) is 44.8 Å². The second kappa shape index (κ2) is 5.09. The van der Waals surface area contributed by atoms with Gasteiger partial charge in [-0.2, -0.15) is 13.2 Å². The summed E-state index contributed by atoms with van der Waals surface area (Å²) in [5.74, 6) is 0. The molecule has 0 spiro atoms. The summed E-state index contributed by atoms with van der Waals surface area (Å²) in [7, 11) is 0. The minimum absolute atomic E-state index is 0.193. The van der Waals surface area contributed by atoms with E-state index < -0.39 is 11.7 Å². The zero-order chi connectivity index (χ0) is 12.2. The molecule has 0 saturated heterocycles. The molecule has 0 amide bonds. The standard InChI is InChI=1S/C9H7ClF3N3/c10-8-5-6(3-4-15-16-14)1-2-7(8)9(11,12)13/h1-2,5H,3-4H2. The van der Waals surface area contributed by atoms with Crippen LogP contribution in [0.2, 0.25) is 5.02 Å². The van der Waals surface area contributed by atoms with Crippen molar-refractivity contribution in [3.8, 4) is 0 Å². The van der Waals surface area contributed by atoms with Crippen LogP contribution in [-0.4, -0.2) is 6.54 Å². The summed E-state index contributed by atoms with van der Waals surface area (Å²) < 4.78 is 37.0. The third-order valence-corrected chi connectivity index (χ3v) is 2.22. The average molecular weight is 250 g/mol. The molecule has 1 rings (SSSR count). The summed E-state index contributed by atoms with van der Waals surface area (Å²) in [6.07, 6.45) is -4.08. The molecule has 0 bridgehead atoms. The van der Waals surface area contributed by atoms with Crippen molar-refractivity contribution in [3.63, 3.8) is 0 Å². The Morgan fingerprint density at radius 2 is 2.06 bits per heavy atom. The number of hydrogen-bond donors (Lipinski definition) is 0. The Hall–Kier alpha value is -1.39. The quantitative estimate of drug-likeness (QED) is 0.438. The van der Waals surface area contributed by atoms with Crippen LogP contribution in [0.3, 0.4) is 0 Å². The molecular weight excluding hydrogens is 243 g/mol. The zero-order valence-corrected chi connectivity index (χ0v) is 8.76. The minimum atomic E-state index is -4.44. The van der Waals surface area contributed by atoms with E-state index in [1.807, 2.05) is 0 Å². The second-order valence-electron chi connectivity index (χ2n) is 3.02. The molecule has 0 radical (unpaired) electrons. The van der Waals surface area contributed by atoms with Gasteiger partial charge in [-0.05, 0) is 29.6 Å². The number of azide groups is 1. The average Bonchev–Trinajstić information content (AvgIpc) is 2.16. The molecule has 1 aromatic carbocycles. The van der Waals surface area contributed by atoms with Crippen LogP contribution in [0.25, 0.3) is 10.4 Å². The van der Waals surface area contributed by atoms with Crippen LogP contribution >= 0.6 is 11.6 Å². The lowest BCUT2D eigenvalue weighted by molar-refractivity contribution is -0.137. The van der Waals surface area contributed by atoms with Crippen LogP contribution in [0.5, 0.6) is 0 Å². The van der Waals surface area contributed by atoms with Crippen LogP contribution in [-0.2, 0) is 12.6 Å². The Kier molecular flexibility index (Phi) is 4.04. The summed E-state index contributed by atoms with van der Waals surface area (Å²) >= 11 is 5.50. The number of nitrogens with zero attached hydrogens (tertiary/aromatic N) is 3. The number of rotatable bonds is 3. The van der Waals surface area contributed by atoms with Gasteiger partial charge < -0.3 is 0 Å². The minimum Gasteiger partial charge on any atom is -0.166 e. The van der Waals surface area contributed by atoms with Crippen LogP contribution in [0, 0.1) is 0 Å². The zero-order valence-electron chi connectivity index (χ0n) is 8.00. The van der Waals surface area contributed by atoms with Crippen molar-refractivity contribution in [2.75, 3.05) is 6.54 Å². The van der Waals surface area contributed by atoms with Gasteiger partial charge in [0.05, 0.1) is 10.6 Å². The Labute approximate surface area is 94.5 Å². The Morgan fingerprint density at radius 3 is 2.56 bits per heavy atom. The molecule has 3 nitrogen and oxygen atoms in total. The van der Waals surface area contributed by atoms with E-state index >= 15 is 0 Å². The van der Waals surface area contributed by atoms with Gasteiger partial charge in [-0.25, -0.2) is 0 Å². The highest BCUT2D eigenvalue weighted by atomic mass is 35.5. The summed E-state index contributed by atoms with van der Waals surface area (Å²) in [4.78, 5) is 2.54. The third kappa shape index (κ3) is 3.32. The van der Waals surface area contributed by atoms with Gasteiger partial charge >= 0.3 is 6.18 Å². The van der Waals surface area contributed by atoms with E-state index in [9.17, 15) is 13.2 Å². The molecule has 7 heteroatoms. The van der Waals surface area contributed by atoms with E-state index in [1.165, 1.54) is 12.1 Å². The molecule has 0 unspecified atom stereocenters. The van der Waals surface area contributed by atoms with Gasteiger partial charge in [0.25, 0.3) is 0 Å². The van der Waals surface area contributed by atoms with Crippen molar-refractivity contribution < 1.29 is 13.2 Å². The fourth-order valence-corrected chi connectivity index (χ4v) is 1.48. The summed E-state index contributed by atoms with van der Waals surface area (Å²) in [5.41, 5.74) is 7.78. The highest BCUT2D eigenvalue weighted by Crippen LogP contribution is 2.34. The summed E-state index contributed by atoms with van der Waals surface area (Å²) in [5, 5.41) is 2.94. The summed E-state index contributed by atoms with van der Waals surface area (Å²) in [6, 6.07) is 3.48. The van der Waals surface area contributed by atoms with E-state index in [-0.39, 0.29) is 11.6 Å². The molecule has 0 saturated carbocycles. The smallest absolute Gasteiger partial charge is 0.166 e. The first-order valence-corrected chi connectivity index (χ1v) is 4.69. The van der Waals surface area contributed by atoms with Gasteiger partial charge in [0.2, 0.25) is 0 Å². The maximum atomic E-state index is 12.3. The van der Waals surface area contributed by atoms with E-state index in [4.69, 9.17) is 17.1 Å². The van der Waals surface area contributed by atoms with Crippen molar-refractivity contribution in [1.82, 2.24) is 0 Å². The summed E-state index contributed by atoms with van der Waals surface area (Å²) in [6.45, 7) is 0.193. The molecule has 0 atom stereocenters. The van der Waals surface area contributed by atoms with E-state index in [0.29, 0.717) is 12.0 Å². The lowest BCUT2D eigenvalue weighted by atomic mass is 10.1. The van der Waals surface area contributed by atoms with Crippen molar-refractivity contribution in [1.29, 1.82) is 0 Å². The number of benzene rings is 1. The topological polar surface area (TPSA) is 48.8 Å². The highest BCUT2D eigenvalue weighted by molar-refractivity contribution is 6.31. The largest absolute Gasteiger partial charge is 0.417 e. The first kappa shape index (κ1) is 12.7. The molecule has 86 valence electrons. The molecule has 0 N–H and O–H groups in total. The van der Waals surface area contributed by atoms with Crippen LogP contribution in [0.15, 0.2) is 23.3 Å². The lowest BCUT2D eigenvalue weighted by Gasteiger charge is -2.09. The van der Waals surface area contributed by atoms with Crippen LogP contribution in [0.1, 0.15) is 11.1 Å². The Bertz CT molecular complexity index is 424. The van der Waals surface area contributed by atoms with Gasteiger partial charge in [0.15, 0.2) is 0 Å². The fourth-order valence-electron chi connectivity index (χ4n) is 1.17. The van der Waals surface area contributed by atoms with Crippen LogP contribution in [0.4, 0.5) is 13.2 Å². The molecule has 0 aliphatic heterocycles. The maximum absolute atomic E-state index is 12.3. The van der Waals surface area contributed by atoms with E-state index in [0.717, 1.165) is 6.07 Å². The van der Waals surface area contributed by atoms with Gasteiger partial charge in [-0.3, -0.25) is 0 Å². The fraction of sp³-hybridized carbons (Fsp3) is 0.333. The van der Waals surface area contributed by atoms with E-state index in [2.05, 4.69) is 10.0 Å². The number of halogens is 4. The van der Waals surface area contributed by atoms with E-state index in [1.54, 1.807) is 0 Å². The van der Waals surface area contributed by atoms with Crippen molar-refractivity contribution >= 4 is 11.6 Å². The number of hydrogen-bond acceptors (Lipinski definition) is 1. The molecular formula is C9H7ClF3N3. The lowest BCUT2D eigenvalue weighted by Crippen LogP contribution is -2.06. The predicted molar refractivity (Wildman–Crippen MR) is 54.2 cm³/mol. The molecule has 0 aliphatic carbocycles. The molecule has 0 aromatic heterocycles. The number of alkyl halides is 3. The Morgan fingerprint density at radius 1 is 1.38 bits per heavy atom.